The molecule has 1 aliphatic carbocycles. The van der Waals surface area contributed by atoms with Gasteiger partial charge in [-0.05, 0) is 56.9 Å². The van der Waals surface area contributed by atoms with Crippen molar-refractivity contribution in [1.82, 2.24) is 20.1 Å². The first-order valence-corrected chi connectivity index (χ1v) is 10.4. The summed E-state index contributed by atoms with van der Waals surface area (Å²) >= 11 is 0. The fourth-order valence-corrected chi connectivity index (χ4v) is 4.24. The number of benzene rings is 1. The van der Waals surface area contributed by atoms with E-state index in [-0.39, 0.29) is 12.1 Å². The second-order valence-electron chi connectivity index (χ2n) is 8.14. The lowest BCUT2D eigenvalue weighted by molar-refractivity contribution is 0.244. The summed E-state index contributed by atoms with van der Waals surface area (Å²) in [5.41, 5.74) is 4.52. The van der Waals surface area contributed by atoms with Crippen LogP contribution in [0.3, 0.4) is 0 Å². The number of pyridine rings is 1. The molecule has 0 aliphatic heterocycles. The van der Waals surface area contributed by atoms with Gasteiger partial charge in [0.2, 0.25) is 0 Å². The second-order valence-corrected chi connectivity index (χ2v) is 8.14. The van der Waals surface area contributed by atoms with Crippen LogP contribution in [0, 0.1) is 32.1 Å². The molecule has 0 saturated heterocycles. The molecule has 2 N–H and O–H groups in total. The van der Waals surface area contributed by atoms with Crippen molar-refractivity contribution >= 4 is 22.8 Å². The molecule has 30 heavy (non-hydrogen) atoms. The van der Waals surface area contributed by atoms with Crippen LogP contribution in [0.5, 0.6) is 0 Å². The summed E-state index contributed by atoms with van der Waals surface area (Å²) in [6.07, 6.45) is 6.91. The van der Waals surface area contributed by atoms with Crippen LogP contribution in [0.2, 0.25) is 0 Å². The highest BCUT2D eigenvalue weighted by atomic mass is 16.2. The van der Waals surface area contributed by atoms with E-state index in [0.29, 0.717) is 17.2 Å². The maximum absolute atomic E-state index is 12.6. The van der Waals surface area contributed by atoms with Crippen molar-refractivity contribution in [2.45, 2.75) is 58.9 Å². The number of nitrogens with one attached hydrogen (secondary N) is 2. The number of hydrogen-bond acceptors (Lipinski definition) is 4. The molecule has 2 aromatic heterocycles. The summed E-state index contributed by atoms with van der Waals surface area (Å²) < 4.78 is 1.53. The van der Waals surface area contributed by atoms with Crippen molar-refractivity contribution in [3.05, 3.63) is 46.6 Å². The quantitative estimate of drug-likeness (QED) is 0.665. The zero-order valence-electron chi connectivity index (χ0n) is 17.6. The molecule has 154 valence electrons. The third-order valence-electron chi connectivity index (χ3n) is 5.72. The molecule has 0 bridgehead atoms. The van der Waals surface area contributed by atoms with Gasteiger partial charge in [0.25, 0.3) is 0 Å². The van der Waals surface area contributed by atoms with Crippen molar-refractivity contribution in [3.63, 3.8) is 0 Å². The van der Waals surface area contributed by atoms with E-state index >= 15 is 0 Å². The van der Waals surface area contributed by atoms with E-state index in [1.165, 1.54) is 22.9 Å². The number of urea groups is 1. The minimum Gasteiger partial charge on any atom is -0.335 e. The Balaban J connectivity index is 1.69. The van der Waals surface area contributed by atoms with Gasteiger partial charge in [0.05, 0.1) is 11.7 Å². The first-order valence-electron chi connectivity index (χ1n) is 10.4. The number of anilines is 1. The molecular formula is C23H26N6O. The van der Waals surface area contributed by atoms with E-state index in [9.17, 15) is 10.1 Å². The molecular weight excluding hydrogens is 376 g/mol. The monoisotopic (exact) mass is 402 g/mol. The highest BCUT2D eigenvalue weighted by Crippen LogP contribution is 2.26. The molecule has 2 amide bonds. The summed E-state index contributed by atoms with van der Waals surface area (Å²) in [4.78, 5) is 17.4. The number of carbonyl (C=O) groups is 1. The molecule has 7 heteroatoms. The number of aryl methyl sites for hydroxylation is 3. The highest BCUT2D eigenvalue weighted by Gasteiger charge is 2.20. The van der Waals surface area contributed by atoms with Crippen molar-refractivity contribution in [1.29, 1.82) is 5.26 Å². The normalized spacial score (nSPS) is 14.5. The fraction of sp³-hybridized carbons (Fsp3) is 0.391. The summed E-state index contributed by atoms with van der Waals surface area (Å²) in [5, 5.41) is 20.8. The van der Waals surface area contributed by atoms with Crippen molar-refractivity contribution in [2.24, 2.45) is 0 Å². The van der Waals surface area contributed by atoms with Crippen LogP contribution in [-0.4, -0.2) is 26.8 Å². The zero-order chi connectivity index (χ0) is 21.3. The Labute approximate surface area is 176 Å². The van der Waals surface area contributed by atoms with Crippen LogP contribution in [-0.2, 0) is 0 Å². The second kappa shape index (κ2) is 8.15. The molecule has 7 nitrogen and oxygen atoms in total. The van der Waals surface area contributed by atoms with Crippen molar-refractivity contribution < 1.29 is 4.79 Å². The third-order valence-corrected chi connectivity index (χ3v) is 5.72. The summed E-state index contributed by atoms with van der Waals surface area (Å²) in [5.74, 6) is 0.906. The number of nitrogens with zero attached hydrogens (tertiary/aromatic N) is 4. The average molecular weight is 403 g/mol. The van der Waals surface area contributed by atoms with Gasteiger partial charge in [-0.2, -0.15) is 15.0 Å². The summed E-state index contributed by atoms with van der Waals surface area (Å²) in [6.45, 7) is 6.13. The SMILES string of the molecule is Cc1cc(C)c2nc(-n3ncc(C#N)c3NC(=O)NC3CCCCC3)cc(C)c2c1. The minimum absolute atomic E-state index is 0.174. The average Bonchev–Trinajstić information content (AvgIpc) is 3.11. The number of amides is 2. The number of rotatable bonds is 3. The van der Waals surface area contributed by atoms with Crippen LogP contribution in [0.4, 0.5) is 10.6 Å². The van der Waals surface area contributed by atoms with Crippen LogP contribution in [0.25, 0.3) is 16.7 Å². The van der Waals surface area contributed by atoms with Gasteiger partial charge >= 0.3 is 6.03 Å². The molecule has 3 aromatic rings. The van der Waals surface area contributed by atoms with Gasteiger partial charge in [-0.1, -0.05) is 30.9 Å². The molecule has 0 spiro atoms. The first kappa shape index (κ1) is 19.9. The van der Waals surface area contributed by atoms with Crippen molar-refractivity contribution in [2.75, 3.05) is 5.32 Å². The number of aromatic nitrogens is 3. The lowest BCUT2D eigenvalue weighted by Gasteiger charge is -2.23. The van der Waals surface area contributed by atoms with E-state index in [1.54, 1.807) is 0 Å². The Hall–Kier alpha value is -3.40. The van der Waals surface area contributed by atoms with Gasteiger partial charge in [-0.3, -0.25) is 5.32 Å². The van der Waals surface area contributed by atoms with Crippen LogP contribution < -0.4 is 10.6 Å². The van der Waals surface area contributed by atoms with Gasteiger partial charge in [0.15, 0.2) is 11.6 Å². The smallest absolute Gasteiger partial charge is 0.320 e. The lowest BCUT2D eigenvalue weighted by atomic mass is 9.96. The Morgan fingerprint density at radius 1 is 1.13 bits per heavy atom. The minimum atomic E-state index is -0.315. The molecule has 0 atom stereocenters. The van der Waals surface area contributed by atoms with E-state index in [2.05, 4.69) is 40.9 Å². The van der Waals surface area contributed by atoms with E-state index in [0.717, 1.165) is 47.7 Å². The molecule has 0 radical (unpaired) electrons. The summed E-state index contributed by atoms with van der Waals surface area (Å²) in [7, 11) is 0. The predicted molar refractivity (Wildman–Crippen MR) is 117 cm³/mol. The number of hydrogen-bond donors (Lipinski definition) is 2. The largest absolute Gasteiger partial charge is 0.335 e. The number of fused-ring (bicyclic) bond motifs is 1. The summed E-state index contributed by atoms with van der Waals surface area (Å²) in [6, 6.07) is 8.12. The molecule has 1 saturated carbocycles. The van der Waals surface area contributed by atoms with Crippen molar-refractivity contribution in [3.8, 4) is 11.9 Å². The van der Waals surface area contributed by atoms with E-state index in [1.807, 2.05) is 19.9 Å². The highest BCUT2D eigenvalue weighted by molar-refractivity contribution is 5.91. The molecule has 2 heterocycles. The zero-order valence-corrected chi connectivity index (χ0v) is 17.6. The third kappa shape index (κ3) is 3.86. The van der Waals surface area contributed by atoms with E-state index < -0.39 is 0 Å². The standard InChI is InChI=1S/C23H26N6O/c1-14-9-16(3)21-19(10-14)15(2)11-20(27-21)29-22(17(12-24)13-25-29)28-23(30)26-18-7-5-4-6-8-18/h9-11,13,18H,4-8H2,1-3H3,(H2,26,28,30). The van der Waals surface area contributed by atoms with Gasteiger partial charge < -0.3 is 5.32 Å². The Bertz CT molecular complexity index is 1150. The maximum Gasteiger partial charge on any atom is 0.320 e. The lowest BCUT2D eigenvalue weighted by Crippen LogP contribution is -2.39. The first-order chi connectivity index (χ1) is 14.5. The van der Waals surface area contributed by atoms with Gasteiger partial charge in [-0.15, -0.1) is 0 Å². The number of nitriles is 1. The molecule has 1 aliphatic rings. The molecule has 0 unspecified atom stereocenters. The molecule has 1 fully saturated rings. The Morgan fingerprint density at radius 3 is 2.63 bits per heavy atom. The maximum atomic E-state index is 12.6. The Kier molecular flexibility index (Phi) is 5.40. The Morgan fingerprint density at radius 2 is 1.90 bits per heavy atom. The van der Waals surface area contributed by atoms with Gasteiger partial charge in [0, 0.05) is 11.4 Å². The predicted octanol–water partition coefficient (Wildman–Crippen LogP) is 4.67. The van der Waals surface area contributed by atoms with Crippen LogP contribution >= 0.6 is 0 Å². The van der Waals surface area contributed by atoms with Crippen LogP contribution in [0.15, 0.2) is 24.4 Å². The topological polar surface area (TPSA) is 95.6 Å². The molecule has 4 rings (SSSR count). The number of carbonyl (C=O) groups excluding carboxylic acids is 1. The van der Waals surface area contributed by atoms with E-state index in [4.69, 9.17) is 4.98 Å². The van der Waals surface area contributed by atoms with Gasteiger partial charge in [0.1, 0.15) is 11.6 Å². The molecule has 1 aromatic carbocycles. The fourth-order valence-electron chi connectivity index (χ4n) is 4.24. The van der Waals surface area contributed by atoms with Crippen LogP contribution in [0.1, 0.15) is 54.4 Å². The van der Waals surface area contributed by atoms with Gasteiger partial charge in [-0.25, -0.2) is 9.78 Å².